The second-order valence-electron chi connectivity index (χ2n) is 6.01. The second kappa shape index (κ2) is 17.8. The molecule has 0 spiro atoms. The first-order valence-electron chi connectivity index (χ1n) is 9.74. The number of carbonyl (C=O) groups excluding carboxylic acids is 2. The number of hydrogen-bond donors (Lipinski definition) is 0. The molecule has 0 saturated carbocycles. The molecule has 1 aromatic carbocycles. The largest absolute Gasteiger partial charge is 0.545 e. The van der Waals surface area contributed by atoms with E-state index < -0.39 is 31.0 Å². The summed E-state index contributed by atoms with van der Waals surface area (Å²) in [5, 5.41) is 20.4. The van der Waals surface area contributed by atoms with Crippen LogP contribution in [0.15, 0.2) is 24.3 Å². The van der Waals surface area contributed by atoms with E-state index in [9.17, 15) is 19.8 Å². The first kappa shape index (κ1) is 26.8. The Bertz CT molecular complexity index is 477. The van der Waals surface area contributed by atoms with Crippen molar-refractivity contribution in [1.82, 2.24) is 0 Å². The number of carbonyl (C=O) groups is 2. The van der Waals surface area contributed by atoms with Crippen LogP contribution in [0.2, 0.25) is 0 Å². The minimum Gasteiger partial charge on any atom is -0.545 e. The number of carboxylic acids is 2. The third-order valence-electron chi connectivity index (χ3n) is 3.51. The Hall–Kier alpha value is -1.25. The zero-order valence-electron chi connectivity index (χ0n) is 17.0. The van der Waals surface area contributed by atoms with Gasteiger partial charge in [-0.2, -0.15) is 0 Å². The average molecular weight is 431 g/mol. The minimum atomic E-state index is -2.10. The van der Waals surface area contributed by atoms with Crippen LogP contribution in [0.4, 0.5) is 0 Å². The van der Waals surface area contributed by atoms with Gasteiger partial charge in [0.05, 0.1) is 11.9 Å². The number of carboxylic acid groups (broad SMARTS) is 2. The Morgan fingerprint density at radius 3 is 1.21 bits per heavy atom. The van der Waals surface area contributed by atoms with E-state index in [1.807, 2.05) is 0 Å². The average Bonchev–Trinajstić information content (AvgIpc) is 2.68. The van der Waals surface area contributed by atoms with Gasteiger partial charge in [0.25, 0.3) is 0 Å². The normalized spacial score (nSPS) is 10.1. The molecule has 8 heteroatoms. The van der Waals surface area contributed by atoms with Crippen LogP contribution in [0.5, 0.6) is 0 Å². The van der Waals surface area contributed by atoms with Crippen molar-refractivity contribution in [3.05, 3.63) is 35.4 Å². The van der Waals surface area contributed by atoms with E-state index in [2.05, 4.69) is 20.8 Å². The van der Waals surface area contributed by atoms with Crippen molar-refractivity contribution in [2.24, 2.45) is 0 Å². The Kier molecular flexibility index (Phi) is 17.0. The monoisotopic (exact) mass is 431 g/mol. The Balaban J connectivity index is 0.000000540. The van der Waals surface area contributed by atoms with Crippen molar-refractivity contribution in [2.75, 3.05) is 19.8 Å². The SMILES string of the molecule is CCCC[O][Ti+2]([O]CCCC)[O]CCCC.O=C([O-])c1ccc(C(=O)[O-])cc1. The van der Waals surface area contributed by atoms with E-state index >= 15 is 0 Å². The van der Waals surface area contributed by atoms with Gasteiger partial charge in [-0.05, 0) is 11.1 Å². The number of hydrogen-bond acceptors (Lipinski definition) is 7. The van der Waals surface area contributed by atoms with Crippen LogP contribution in [-0.2, 0) is 29.0 Å². The van der Waals surface area contributed by atoms with Crippen LogP contribution in [0, 0.1) is 0 Å². The van der Waals surface area contributed by atoms with Crippen LogP contribution in [0.25, 0.3) is 0 Å². The van der Waals surface area contributed by atoms with Gasteiger partial charge in [-0.25, -0.2) is 0 Å². The molecule has 0 aliphatic carbocycles. The summed E-state index contributed by atoms with van der Waals surface area (Å²) in [6, 6.07) is 4.61. The molecule has 0 N–H and O–H groups in total. The van der Waals surface area contributed by atoms with Gasteiger partial charge in [0, 0.05) is 0 Å². The van der Waals surface area contributed by atoms with Crippen LogP contribution < -0.4 is 10.2 Å². The molecule has 0 unspecified atom stereocenters. The maximum atomic E-state index is 10.2. The van der Waals surface area contributed by atoms with Crippen LogP contribution in [-0.4, -0.2) is 31.8 Å². The number of benzene rings is 1. The summed E-state index contributed by atoms with van der Waals surface area (Å²) < 4.78 is 17.1. The van der Waals surface area contributed by atoms with Gasteiger partial charge in [-0.1, -0.05) is 24.3 Å². The first-order valence-corrected chi connectivity index (χ1v) is 11.7. The molecule has 0 aliphatic heterocycles. The Morgan fingerprint density at radius 2 is 1.00 bits per heavy atom. The second-order valence-corrected chi connectivity index (χ2v) is 8.14. The van der Waals surface area contributed by atoms with Gasteiger partial charge in [-0.15, -0.1) is 0 Å². The molecule has 0 aromatic heterocycles. The predicted octanol–water partition coefficient (Wildman–Crippen LogP) is 2.21. The summed E-state index contributed by atoms with van der Waals surface area (Å²) in [6.07, 6.45) is 6.79. The van der Waals surface area contributed by atoms with E-state index in [-0.39, 0.29) is 11.1 Å². The first-order chi connectivity index (χ1) is 13.5. The molecule has 0 radical (unpaired) electrons. The molecule has 0 amide bonds. The molecule has 0 heterocycles. The van der Waals surface area contributed by atoms with Crippen molar-refractivity contribution < 1.29 is 48.8 Å². The van der Waals surface area contributed by atoms with Gasteiger partial charge >= 0.3 is 108 Å². The van der Waals surface area contributed by atoms with Gasteiger partial charge in [0.2, 0.25) is 0 Å². The third-order valence-corrected chi connectivity index (χ3v) is 5.57. The minimum absolute atomic E-state index is 0.0556. The fourth-order valence-electron chi connectivity index (χ4n) is 1.77. The summed E-state index contributed by atoms with van der Waals surface area (Å²) in [5.74, 6) is -2.67. The van der Waals surface area contributed by atoms with Gasteiger partial charge in [0.1, 0.15) is 0 Å². The third kappa shape index (κ3) is 13.9. The summed E-state index contributed by atoms with van der Waals surface area (Å²) in [7, 11) is 0. The van der Waals surface area contributed by atoms with Crippen molar-refractivity contribution in [3.63, 3.8) is 0 Å². The molecule has 0 fully saturated rings. The fraction of sp³-hybridized carbons (Fsp3) is 0.600. The van der Waals surface area contributed by atoms with E-state index in [0.717, 1.165) is 82.6 Å². The molecular formula is C20H31O7Ti. The molecule has 0 saturated heterocycles. The van der Waals surface area contributed by atoms with Crippen molar-refractivity contribution in [2.45, 2.75) is 59.3 Å². The van der Waals surface area contributed by atoms with E-state index in [1.54, 1.807) is 0 Å². The summed E-state index contributed by atoms with van der Waals surface area (Å²) in [4.78, 5) is 20.4. The molecule has 1 aromatic rings. The van der Waals surface area contributed by atoms with Crippen molar-refractivity contribution in [1.29, 1.82) is 0 Å². The zero-order chi connectivity index (χ0) is 21.2. The molecule has 157 valence electrons. The molecule has 0 bridgehead atoms. The van der Waals surface area contributed by atoms with Gasteiger partial charge in [0.15, 0.2) is 0 Å². The molecule has 1 rings (SSSR count). The van der Waals surface area contributed by atoms with Crippen LogP contribution >= 0.6 is 0 Å². The summed E-state index contributed by atoms with van der Waals surface area (Å²) >= 11 is -2.10. The topological polar surface area (TPSA) is 108 Å². The number of rotatable bonds is 14. The fourth-order valence-corrected chi connectivity index (χ4v) is 3.61. The van der Waals surface area contributed by atoms with E-state index in [0.29, 0.717) is 0 Å². The summed E-state index contributed by atoms with van der Waals surface area (Å²) in [5.41, 5.74) is -0.111. The molecular weight excluding hydrogens is 400 g/mol. The smallest absolute Gasteiger partial charge is 0.0715 e. The van der Waals surface area contributed by atoms with Gasteiger partial charge in [-0.3, -0.25) is 0 Å². The van der Waals surface area contributed by atoms with Crippen LogP contribution in [0.1, 0.15) is 80.0 Å². The van der Waals surface area contributed by atoms with Crippen LogP contribution in [0.3, 0.4) is 0 Å². The molecule has 0 atom stereocenters. The predicted molar refractivity (Wildman–Crippen MR) is 97.7 cm³/mol. The number of unbranched alkanes of at least 4 members (excludes halogenated alkanes) is 3. The maximum absolute atomic E-state index is 10.2. The zero-order valence-corrected chi connectivity index (χ0v) is 18.6. The molecule has 28 heavy (non-hydrogen) atoms. The Labute approximate surface area is 175 Å². The van der Waals surface area contributed by atoms with Crippen molar-refractivity contribution >= 4 is 11.9 Å². The van der Waals surface area contributed by atoms with E-state index in [1.165, 1.54) is 0 Å². The quantitative estimate of drug-likeness (QED) is 0.328. The molecule has 0 aliphatic rings. The maximum Gasteiger partial charge on any atom is 0.0715 e. The Morgan fingerprint density at radius 1 is 0.714 bits per heavy atom. The number of aromatic carboxylic acids is 2. The molecule has 7 nitrogen and oxygen atoms in total. The van der Waals surface area contributed by atoms with Gasteiger partial charge < -0.3 is 19.8 Å². The standard InChI is InChI=1S/C8H6O4.3C4H9O.Ti/c9-7(10)5-1-2-6(4-3-5)8(11)12;3*1-2-3-4-5;/h1-4H,(H,9,10)(H,11,12);3*2-4H2,1H3;/q;3*-1;+5/p-2. The summed E-state index contributed by atoms with van der Waals surface area (Å²) in [6.45, 7) is 8.88. The van der Waals surface area contributed by atoms with Crippen molar-refractivity contribution in [3.8, 4) is 0 Å². The van der Waals surface area contributed by atoms with E-state index in [4.69, 9.17) is 9.96 Å².